The summed E-state index contributed by atoms with van der Waals surface area (Å²) in [5.41, 5.74) is 3.64. The van der Waals surface area contributed by atoms with Gasteiger partial charge in [-0.3, -0.25) is 14.5 Å². The number of ether oxygens (including phenoxy) is 1. The lowest BCUT2D eigenvalue weighted by molar-refractivity contribution is 0.0948. The van der Waals surface area contributed by atoms with E-state index in [1.165, 1.54) is 0 Å². The standard InChI is InChI=1S/C27H34N4O3/c1-7-23(24-10-8-9-16-28-24)26(32)14-12-21(5)34-22(13-11-19(2)3)15-17-29-27(33)25-18-20(4)30-31(25)6/h8-16,18,21,32H,2,7,17H2,1,3-6H3,(H,29,33)/b13-11-,14-12-,22-15+,26-23-. The molecule has 0 spiro atoms. The number of carbonyl (C=O) groups excluding carboxylic acids is 1. The predicted molar refractivity (Wildman–Crippen MR) is 136 cm³/mol. The van der Waals surface area contributed by atoms with Crippen molar-refractivity contribution in [1.29, 1.82) is 0 Å². The fourth-order valence-corrected chi connectivity index (χ4v) is 3.15. The fourth-order valence-electron chi connectivity index (χ4n) is 3.15. The number of hydrogen-bond donors (Lipinski definition) is 2. The summed E-state index contributed by atoms with van der Waals surface area (Å²) in [6, 6.07) is 7.33. The Labute approximate surface area is 201 Å². The molecule has 0 aliphatic rings. The Balaban J connectivity index is 2.09. The van der Waals surface area contributed by atoms with Gasteiger partial charge in [0.15, 0.2) is 0 Å². The van der Waals surface area contributed by atoms with E-state index in [0.717, 1.165) is 22.5 Å². The number of nitrogens with zero attached hydrogens (tertiary/aromatic N) is 3. The number of amides is 1. The van der Waals surface area contributed by atoms with Crippen molar-refractivity contribution in [1.82, 2.24) is 20.1 Å². The molecule has 34 heavy (non-hydrogen) atoms. The molecule has 1 atom stereocenters. The molecule has 2 heterocycles. The third-order valence-corrected chi connectivity index (χ3v) is 4.82. The number of pyridine rings is 1. The number of carbonyl (C=O) groups is 1. The van der Waals surface area contributed by atoms with Gasteiger partial charge in [-0.05, 0) is 69.7 Å². The Bertz CT molecular complexity index is 1110. The Hall–Kier alpha value is -3.87. The largest absolute Gasteiger partial charge is 0.508 e. The van der Waals surface area contributed by atoms with E-state index in [1.54, 1.807) is 48.3 Å². The van der Waals surface area contributed by atoms with Gasteiger partial charge in [-0.2, -0.15) is 5.10 Å². The molecule has 180 valence electrons. The summed E-state index contributed by atoms with van der Waals surface area (Å²) in [5.74, 6) is 0.510. The zero-order chi connectivity index (χ0) is 25.1. The Morgan fingerprint density at radius 1 is 1.32 bits per heavy atom. The summed E-state index contributed by atoms with van der Waals surface area (Å²) in [4.78, 5) is 16.7. The number of aliphatic hydroxyl groups is 1. The second-order valence-electron chi connectivity index (χ2n) is 7.91. The molecule has 1 amide bonds. The van der Waals surface area contributed by atoms with Crippen LogP contribution in [0.2, 0.25) is 0 Å². The Kier molecular flexibility index (Phi) is 10.1. The van der Waals surface area contributed by atoms with Gasteiger partial charge < -0.3 is 15.2 Å². The fraction of sp³-hybridized carbons (Fsp3) is 0.296. The lowest BCUT2D eigenvalue weighted by Crippen LogP contribution is -2.26. The monoisotopic (exact) mass is 462 g/mol. The Morgan fingerprint density at radius 3 is 2.68 bits per heavy atom. The van der Waals surface area contributed by atoms with E-state index in [2.05, 4.69) is 22.0 Å². The van der Waals surface area contributed by atoms with E-state index in [-0.39, 0.29) is 24.3 Å². The molecule has 0 saturated heterocycles. The van der Waals surface area contributed by atoms with Gasteiger partial charge in [-0.15, -0.1) is 0 Å². The van der Waals surface area contributed by atoms with E-state index in [9.17, 15) is 9.90 Å². The maximum atomic E-state index is 12.4. The molecular formula is C27H34N4O3. The van der Waals surface area contributed by atoms with Crippen molar-refractivity contribution in [2.75, 3.05) is 6.54 Å². The van der Waals surface area contributed by atoms with Crippen LogP contribution in [0.25, 0.3) is 5.57 Å². The quantitative estimate of drug-likeness (QED) is 0.353. The summed E-state index contributed by atoms with van der Waals surface area (Å²) in [6.45, 7) is 11.7. The van der Waals surface area contributed by atoms with Crippen LogP contribution >= 0.6 is 0 Å². The number of rotatable bonds is 11. The molecule has 0 bridgehead atoms. The molecule has 7 nitrogen and oxygen atoms in total. The average molecular weight is 463 g/mol. The zero-order valence-corrected chi connectivity index (χ0v) is 20.6. The van der Waals surface area contributed by atoms with Gasteiger partial charge >= 0.3 is 0 Å². The van der Waals surface area contributed by atoms with Gasteiger partial charge in [0.1, 0.15) is 23.3 Å². The van der Waals surface area contributed by atoms with Crippen LogP contribution in [0, 0.1) is 6.92 Å². The summed E-state index contributed by atoms with van der Waals surface area (Å²) >= 11 is 0. The first-order chi connectivity index (χ1) is 16.2. The van der Waals surface area contributed by atoms with Crippen LogP contribution in [0.5, 0.6) is 0 Å². The number of aromatic nitrogens is 3. The van der Waals surface area contributed by atoms with E-state index in [4.69, 9.17) is 4.74 Å². The van der Waals surface area contributed by atoms with Crippen molar-refractivity contribution >= 4 is 11.5 Å². The predicted octanol–water partition coefficient (Wildman–Crippen LogP) is 5.21. The van der Waals surface area contributed by atoms with Crippen molar-refractivity contribution < 1.29 is 14.6 Å². The highest BCUT2D eigenvalue weighted by molar-refractivity contribution is 5.92. The molecule has 2 aromatic heterocycles. The molecule has 0 aliphatic heterocycles. The van der Waals surface area contributed by atoms with Crippen LogP contribution in [0.3, 0.4) is 0 Å². The highest BCUT2D eigenvalue weighted by atomic mass is 16.5. The van der Waals surface area contributed by atoms with Gasteiger partial charge in [0.25, 0.3) is 5.91 Å². The summed E-state index contributed by atoms with van der Waals surface area (Å²) in [7, 11) is 1.73. The van der Waals surface area contributed by atoms with E-state index < -0.39 is 0 Å². The summed E-state index contributed by atoms with van der Waals surface area (Å²) in [6.07, 6.45) is 10.8. The summed E-state index contributed by atoms with van der Waals surface area (Å²) < 4.78 is 7.56. The maximum absolute atomic E-state index is 12.4. The highest BCUT2D eigenvalue weighted by Gasteiger charge is 2.11. The molecule has 2 rings (SSSR count). The Morgan fingerprint density at radius 2 is 2.09 bits per heavy atom. The van der Waals surface area contributed by atoms with Crippen molar-refractivity contribution in [3.8, 4) is 0 Å². The lowest BCUT2D eigenvalue weighted by Gasteiger charge is -2.13. The van der Waals surface area contributed by atoms with E-state index in [0.29, 0.717) is 17.9 Å². The number of aliphatic hydroxyl groups excluding tert-OH is 1. The second-order valence-corrected chi connectivity index (χ2v) is 7.91. The third-order valence-electron chi connectivity index (χ3n) is 4.82. The third kappa shape index (κ3) is 8.24. The van der Waals surface area contributed by atoms with E-state index in [1.807, 2.05) is 52.0 Å². The minimum atomic E-state index is -0.333. The minimum Gasteiger partial charge on any atom is -0.508 e. The average Bonchev–Trinajstić information content (AvgIpc) is 3.15. The number of nitrogens with one attached hydrogen (secondary N) is 1. The first kappa shape index (κ1) is 26.4. The molecule has 0 radical (unpaired) electrons. The van der Waals surface area contributed by atoms with Gasteiger partial charge in [-0.1, -0.05) is 31.2 Å². The first-order valence-electron chi connectivity index (χ1n) is 11.2. The van der Waals surface area contributed by atoms with Gasteiger partial charge in [0.05, 0.1) is 11.4 Å². The molecule has 2 aromatic rings. The highest BCUT2D eigenvalue weighted by Crippen LogP contribution is 2.20. The molecule has 1 unspecified atom stereocenters. The molecular weight excluding hydrogens is 428 g/mol. The van der Waals surface area contributed by atoms with Crippen LogP contribution in [0.4, 0.5) is 0 Å². The number of allylic oxidation sites excluding steroid dienone is 5. The van der Waals surface area contributed by atoms with Crippen LogP contribution in [0.1, 0.15) is 49.1 Å². The normalized spacial score (nSPS) is 13.7. The SMILES string of the molecule is C=C(C)/C=C\C(=C/CNC(=O)c1cc(C)nn1C)OC(C)/C=C\C(O)=C(/CC)c1ccccn1. The molecule has 0 saturated carbocycles. The van der Waals surface area contributed by atoms with Crippen LogP contribution in [0.15, 0.2) is 84.5 Å². The van der Waals surface area contributed by atoms with Gasteiger partial charge in [-0.25, -0.2) is 0 Å². The zero-order valence-electron chi connectivity index (χ0n) is 20.6. The van der Waals surface area contributed by atoms with Gasteiger partial charge in [0.2, 0.25) is 0 Å². The van der Waals surface area contributed by atoms with Crippen LogP contribution in [-0.4, -0.2) is 38.4 Å². The minimum absolute atomic E-state index is 0.151. The molecule has 0 aromatic carbocycles. The van der Waals surface area contributed by atoms with Crippen molar-refractivity contribution in [2.24, 2.45) is 7.05 Å². The summed E-state index contributed by atoms with van der Waals surface area (Å²) in [5, 5.41) is 17.6. The topological polar surface area (TPSA) is 89.3 Å². The van der Waals surface area contributed by atoms with Crippen molar-refractivity contribution in [2.45, 2.75) is 40.2 Å². The smallest absolute Gasteiger partial charge is 0.269 e. The van der Waals surface area contributed by atoms with E-state index >= 15 is 0 Å². The molecule has 0 fully saturated rings. The maximum Gasteiger partial charge on any atom is 0.269 e. The second kappa shape index (κ2) is 13.0. The van der Waals surface area contributed by atoms with Crippen LogP contribution in [-0.2, 0) is 11.8 Å². The first-order valence-corrected chi connectivity index (χ1v) is 11.2. The lowest BCUT2D eigenvalue weighted by atomic mass is 10.1. The molecule has 7 heteroatoms. The number of aryl methyl sites for hydroxylation is 2. The van der Waals surface area contributed by atoms with Gasteiger partial charge in [0, 0.05) is 25.4 Å². The molecule has 2 N–H and O–H groups in total. The van der Waals surface area contributed by atoms with Crippen LogP contribution < -0.4 is 5.32 Å². The van der Waals surface area contributed by atoms with Crippen molar-refractivity contribution in [3.63, 3.8) is 0 Å². The molecule has 0 aliphatic carbocycles. The van der Waals surface area contributed by atoms with Crippen molar-refractivity contribution in [3.05, 3.63) is 102 Å². The number of hydrogen-bond acceptors (Lipinski definition) is 5.